The van der Waals surface area contributed by atoms with Crippen LogP contribution >= 0.6 is 15.9 Å². The highest BCUT2D eigenvalue weighted by Crippen LogP contribution is 2.32. The van der Waals surface area contributed by atoms with Gasteiger partial charge in [-0.1, -0.05) is 6.07 Å². The molecule has 0 radical (unpaired) electrons. The van der Waals surface area contributed by atoms with Crippen molar-refractivity contribution in [1.29, 1.82) is 0 Å². The van der Waals surface area contributed by atoms with Gasteiger partial charge in [0, 0.05) is 4.47 Å². The van der Waals surface area contributed by atoms with Crippen LogP contribution in [0, 0.1) is 5.82 Å². The predicted molar refractivity (Wildman–Crippen MR) is 63.5 cm³/mol. The van der Waals surface area contributed by atoms with E-state index >= 15 is 0 Å². The topological polar surface area (TPSA) is 55.1 Å². The van der Waals surface area contributed by atoms with E-state index in [9.17, 15) is 9.18 Å². The Morgan fingerprint density at radius 1 is 1.50 bits per heavy atom. The summed E-state index contributed by atoms with van der Waals surface area (Å²) in [4.78, 5) is 11.8. The third-order valence-corrected chi connectivity index (χ3v) is 3.56. The number of hydrogen-bond acceptors (Lipinski definition) is 2. The molecular weight excluding hydrogens is 275 g/mol. The Morgan fingerprint density at radius 3 is 2.69 bits per heavy atom. The molecule has 0 spiro atoms. The average molecular weight is 287 g/mol. The second-order valence-electron chi connectivity index (χ2n) is 4.06. The van der Waals surface area contributed by atoms with Gasteiger partial charge in [0.25, 0.3) is 0 Å². The molecule has 1 aliphatic carbocycles. The second-order valence-corrected chi connectivity index (χ2v) is 4.91. The molecule has 16 heavy (non-hydrogen) atoms. The molecule has 1 saturated carbocycles. The molecule has 3 N–H and O–H groups in total. The average Bonchev–Trinajstić information content (AvgIpc) is 2.20. The molecule has 3 nitrogen and oxygen atoms in total. The van der Waals surface area contributed by atoms with E-state index < -0.39 is 11.4 Å². The number of carbonyl (C=O) groups excluding carboxylic acids is 1. The summed E-state index contributed by atoms with van der Waals surface area (Å²) in [6.45, 7) is 0. The predicted octanol–water partition coefficient (Wildman–Crippen LogP) is 2.41. The van der Waals surface area contributed by atoms with E-state index in [1.807, 2.05) is 0 Å². The minimum absolute atomic E-state index is 0.157. The Balaban J connectivity index is 2.18. The van der Waals surface area contributed by atoms with E-state index in [2.05, 4.69) is 21.2 Å². The highest BCUT2D eigenvalue weighted by Gasteiger charge is 2.40. The van der Waals surface area contributed by atoms with Crippen molar-refractivity contribution in [2.75, 3.05) is 5.32 Å². The van der Waals surface area contributed by atoms with E-state index in [0.717, 1.165) is 6.42 Å². The largest absolute Gasteiger partial charge is 0.321 e. The number of para-hydroxylation sites is 1. The lowest BCUT2D eigenvalue weighted by molar-refractivity contribution is -0.123. The SMILES string of the molecule is NC1(C(=O)Nc2c(F)cccc2Br)CCC1. The quantitative estimate of drug-likeness (QED) is 0.877. The first kappa shape index (κ1) is 11.5. The van der Waals surface area contributed by atoms with Gasteiger partial charge in [-0.3, -0.25) is 4.79 Å². The van der Waals surface area contributed by atoms with Crippen molar-refractivity contribution in [2.45, 2.75) is 24.8 Å². The van der Waals surface area contributed by atoms with Crippen LogP contribution in [-0.4, -0.2) is 11.4 Å². The zero-order valence-electron chi connectivity index (χ0n) is 8.59. The highest BCUT2D eigenvalue weighted by atomic mass is 79.9. The molecule has 86 valence electrons. The molecule has 0 unspecified atom stereocenters. The number of hydrogen-bond donors (Lipinski definition) is 2. The standard InChI is InChI=1S/C11H12BrFN2O/c12-7-3-1-4-8(13)9(7)15-10(16)11(14)5-2-6-11/h1,3-4H,2,5-6,14H2,(H,15,16). The van der Waals surface area contributed by atoms with Gasteiger partial charge < -0.3 is 11.1 Å². The lowest BCUT2D eigenvalue weighted by Crippen LogP contribution is -2.56. The van der Waals surface area contributed by atoms with E-state index in [-0.39, 0.29) is 11.6 Å². The van der Waals surface area contributed by atoms with Gasteiger partial charge in [0.05, 0.1) is 11.2 Å². The summed E-state index contributed by atoms with van der Waals surface area (Å²) in [7, 11) is 0. The van der Waals surface area contributed by atoms with Gasteiger partial charge in [0.15, 0.2) is 0 Å². The molecule has 0 saturated heterocycles. The number of carbonyl (C=O) groups is 1. The van der Waals surface area contributed by atoms with Gasteiger partial charge in [-0.15, -0.1) is 0 Å². The smallest absolute Gasteiger partial charge is 0.244 e. The number of halogens is 2. The molecule has 0 bridgehead atoms. The molecule has 1 amide bonds. The third-order valence-electron chi connectivity index (χ3n) is 2.90. The Kier molecular flexibility index (Phi) is 2.99. The van der Waals surface area contributed by atoms with Crippen molar-refractivity contribution in [3.05, 3.63) is 28.5 Å². The molecule has 0 atom stereocenters. The summed E-state index contributed by atoms with van der Waals surface area (Å²) in [5, 5.41) is 2.54. The fourth-order valence-corrected chi connectivity index (χ4v) is 2.08. The number of benzene rings is 1. The maximum absolute atomic E-state index is 13.4. The minimum atomic E-state index is -0.818. The van der Waals surface area contributed by atoms with Crippen LogP contribution in [-0.2, 0) is 4.79 Å². The van der Waals surface area contributed by atoms with E-state index in [4.69, 9.17) is 5.73 Å². The summed E-state index contributed by atoms with van der Waals surface area (Å²) < 4.78 is 14.0. The Morgan fingerprint density at radius 2 is 2.19 bits per heavy atom. The van der Waals surface area contributed by atoms with Crippen molar-refractivity contribution in [1.82, 2.24) is 0 Å². The Bertz CT molecular complexity index is 412. The summed E-state index contributed by atoms with van der Waals surface area (Å²) in [6, 6.07) is 4.53. The van der Waals surface area contributed by atoms with E-state index in [1.165, 1.54) is 6.07 Å². The molecule has 0 aliphatic heterocycles. The summed E-state index contributed by atoms with van der Waals surface area (Å²) in [5.74, 6) is -0.782. The molecule has 1 fully saturated rings. The van der Waals surface area contributed by atoms with Gasteiger partial charge in [-0.25, -0.2) is 4.39 Å². The first-order chi connectivity index (χ1) is 7.53. The van der Waals surface area contributed by atoms with E-state index in [1.54, 1.807) is 12.1 Å². The zero-order chi connectivity index (χ0) is 11.8. The maximum Gasteiger partial charge on any atom is 0.244 e. The molecule has 1 aromatic carbocycles. The monoisotopic (exact) mass is 286 g/mol. The van der Waals surface area contributed by atoms with Gasteiger partial charge in [0.2, 0.25) is 5.91 Å². The molecular formula is C11H12BrFN2O. The highest BCUT2D eigenvalue weighted by molar-refractivity contribution is 9.10. The van der Waals surface area contributed by atoms with Gasteiger partial charge in [0.1, 0.15) is 5.82 Å². The van der Waals surface area contributed by atoms with Crippen molar-refractivity contribution < 1.29 is 9.18 Å². The van der Waals surface area contributed by atoms with Crippen LogP contribution in [0.5, 0.6) is 0 Å². The summed E-state index contributed by atoms with van der Waals surface area (Å²) in [6.07, 6.45) is 2.26. The molecule has 1 aromatic rings. The lowest BCUT2D eigenvalue weighted by Gasteiger charge is -2.36. The first-order valence-electron chi connectivity index (χ1n) is 5.07. The fourth-order valence-electron chi connectivity index (χ4n) is 1.64. The maximum atomic E-state index is 13.4. The lowest BCUT2D eigenvalue weighted by atomic mass is 9.77. The fraction of sp³-hybridized carbons (Fsp3) is 0.364. The molecule has 1 aliphatic rings. The number of nitrogens with one attached hydrogen (secondary N) is 1. The van der Waals surface area contributed by atoms with Crippen LogP contribution in [0.3, 0.4) is 0 Å². The van der Waals surface area contributed by atoms with Crippen molar-refractivity contribution >= 4 is 27.5 Å². The van der Waals surface area contributed by atoms with E-state index in [0.29, 0.717) is 17.3 Å². The Labute approximate surface area is 101 Å². The van der Waals surface area contributed by atoms with Gasteiger partial charge in [-0.2, -0.15) is 0 Å². The van der Waals surface area contributed by atoms with Crippen LogP contribution in [0.4, 0.5) is 10.1 Å². The van der Waals surface area contributed by atoms with Crippen molar-refractivity contribution in [2.24, 2.45) is 5.73 Å². The van der Waals surface area contributed by atoms with Crippen LogP contribution < -0.4 is 11.1 Å². The number of nitrogens with two attached hydrogens (primary N) is 1. The number of amides is 1. The van der Waals surface area contributed by atoms with Crippen LogP contribution in [0.2, 0.25) is 0 Å². The van der Waals surface area contributed by atoms with Crippen LogP contribution in [0.15, 0.2) is 22.7 Å². The summed E-state index contributed by atoms with van der Waals surface area (Å²) >= 11 is 3.19. The van der Waals surface area contributed by atoms with Gasteiger partial charge in [-0.05, 0) is 47.3 Å². The summed E-state index contributed by atoms with van der Waals surface area (Å²) in [5.41, 5.74) is 5.18. The molecule has 0 aromatic heterocycles. The Hall–Kier alpha value is -0.940. The first-order valence-corrected chi connectivity index (χ1v) is 5.86. The number of rotatable bonds is 2. The van der Waals surface area contributed by atoms with Gasteiger partial charge >= 0.3 is 0 Å². The van der Waals surface area contributed by atoms with Crippen LogP contribution in [0.1, 0.15) is 19.3 Å². The molecule has 2 rings (SSSR count). The molecule has 0 heterocycles. The zero-order valence-corrected chi connectivity index (χ0v) is 10.2. The van der Waals surface area contributed by atoms with Crippen molar-refractivity contribution in [3.8, 4) is 0 Å². The van der Waals surface area contributed by atoms with Crippen molar-refractivity contribution in [3.63, 3.8) is 0 Å². The molecule has 5 heteroatoms. The second kappa shape index (κ2) is 4.14. The van der Waals surface area contributed by atoms with Crippen LogP contribution in [0.25, 0.3) is 0 Å². The number of anilines is 1. The minimum Gasteiger partial charge on any atom is -0.321 e. The normalized spacial score (nSPS) is 17.7. The third kappa shape index (κ3) is 1.97.